The second-order valence-corrected chi connectivity index (χ2v) is 7.95. The number of carboxylic acid groups (broad SMARTS) is 1. The molecule has 0 bridgehead atoms. The van der Waals surface area contributed by atoms with E-state index in [9.17, 15) is 18.0 Å². The molecule has 8 nitrogen and oxygen atoms in total. The zero-order valence-corrected chi connectivity index (χ0v) is 18.7. The van der Waals surface area contributed by atoms with Gasteiger partial charge in [0.15, 0.2) is 0 Å². The number of nitriles is 1. The molecule has 2 N–H and O–H groups in total. The smallest absolute Gasteiger partial charge is 0.475 e. The Labute approximate surface area is 199 Å². The number of nitrogens with zero attached hydrogens (tertiary/aromatic N) is 4. The Morgan fingerprint density at radius 1 is 1.26 bits per heavy atom. The minimum absolute atomic E-state index is 0.0527. The van der Waals surface area contributed by atoms with Crippen LogP contribution in [0.25, 0.3) is 17.0 Å². The van der Waals surface area contributed by atoms with Crippen molar-refractivity contribution in [3.63, 3.8) is 0 Å². The lowest BCUT2D eigenvalue weighted by Gasteiger charge is -2.30. The summed E-state index contributed by atoms with van der Waals surface area (Å²) in [4.78, 5) is 30.7. The first kappa shape index (κ1) is 25.6. The number of aromatic nitrogens is 3. The number of piperidine rings is 1. The number of fused-ring (bicyclic) bond motifs is 1. The number of nitrogens with one attached hydrogen (secondary N) is 1. The molecule has 1 saturated heterocycles. The highest BCUT2D eigenvalue weighted by Gasteiger charge is 2.38. The lowest BCUT2D eigenvalue weighted by atomic mass is 9.94. The van der Waals surface area contributed by atoms with Crippen molar-refractivity contribution in [2.24, 2.45) is 0 Å². The second-order valence-electron chi connectivity index (χ2n) is 7.95. The molecule has 35 heavy (non-hydrogen) atoms. The number of aryl methyl sites for hydroxylation is 1. The lowest BCUT2D eigenvalue weighted by Crippen LogP contribution is -2.36. The first-order chi connectivity index (χ1) is 16.7. The molecule has 184 valence electrons. The van der Waals surface area contributed by atoms with Gasteiger partial charge in [0, 0.05) is 66.2 Å². The number of amides is 1. The van der Waals surface area contributed by atoms with Crippen LogP contribution in [0.3, 0.4) is 0 Å². The van der Waals surface area contributed by atoms with E-state index in [0.29, 0.717) is 18.9 Å². The summed E-state index contributed by atoms with van der Waals surface area (Å²) in [5, 5.41) is 17.1. The molecule has 0 radical (unpaired) electrons. The summed E-state index contributed by atoms with van der Waals surface area (Å²) in [6, 6.07) is 10.3. The molecule has 2 aromatic heterocycles. The normalized spacial score (nSPS) is 14.5. The van der Waals surface area contributed by atoms with Crippen molar-refractivity contribution in [3.05, 3.63) is 60.3 Å². The first-order valence-corrected chi connectivity index (χ1v) is 10.9. The van der Waals surface area contributed by atoms with Gasteiger partial charge >= 0.3 is 12.1 Å². The predicted octanol–water partition coefficient (Wildman–Crippen LogP) is 4.33. The number of para-hydroxylation sites is 1. The Kier molecular flexibility index (Phi) is 8.30. The van der Waals surface area contributed by atoms with Crippen LogP contribution in [0.4, 0.5) is 13.2 Å². The van der Waals surface area contributed by atoms with Crippen LogP contribution in [-0.4, -0.2) is 55.7 Å². The van der Waals surface area contributed by atoms with Crippen LogP contribution >= 0.6 is 0 Å². The largest absolute Gasteiger partial charge is 0.490 e. The molecular weight excluding hydrogens is 463 g/mol. The molecule has 1 aliphatic rings. The fourth-order valence-electron chi connectivity index (χ4n) is 3.93. The summed E-state index contributed by atoms with van der Waals surface area (Å²) < 4.78 is 33.8. The Hall–Kier alpha value is -4.07. The zero-order chi connectivity index (χ0) is 25.4. The molecule has 0 unspecified atom stereocenters. The number of halogens is 3. The van der Waals surface area contributed by atoms with Crippen molar-refractivity contribution < 1.29 is 27.9 Å². The predicted molar refractivity (Wildman–Crippen MR) is 122 cm³/mol. The Balaban J connectivity index is 0.000000429. The maximum atomic E-state index is 12.6. The van der Waals surface area contributed by atoms with E-state index >= 15 is 0 Å². The number of carbonyl (C=O) groups excluding carboxylic acids is 1. The van der Waals surface area contributed by atoms with E-state index in [1.54, 1.807) is 12.4 Å². The van der Waals surface area contributed by atoms with Gasteiger partial charge in [-0.15, -0.1) is 0 Å². The van der Waals surface area contributed by atoms with Crippen molar-refractivity contribution in [3.8, 4) is 6.07 Å². The number of hydrogen-bond acceptors (Lipinski definition) is 4. The van der Waals surface area contributed by atoms with Gasteiger partial charge in [0.25, 0.3) is 0 Å². The van der Waals surface area contributed by atoms with Gasteiger partial charge in [-0.05, 0) is 25.0 Å². The minimum atomic E-state index is -5.08. The maximum absolute atomic E-state index is 12.6. The summed E-state index contributed by atoms with van der Waals surface area (Å²) in [5.74, 6) is -2.25. The van der Waals surface area contributed by atoms with E-state index < -0.39 is 12.1 Å². The van der Waals surface area contributed by atoms with Gasteiger partial charge in [0.2, 0.25) is 5.91 Å². The number of carboxylic acids is 1. The zero-order valence-electron chi connectivity index (χ0n) is 18.7. The molecule has 11 heteroatoms. The SMILES string of the molecule is N#CCCn1cc(/C=C/C(=O)N2CCC(c3cnc[nH]3)CC2)c2ccccc21.O=C(O)C(F)(F)F. The van der Waals surface area contributed by atoms with Gasteiger partial charge in [-0.2, -0.15) is 18.4 Å². The third-order valence-electron chi connectivity index (χ3n) is 5.70. The summed E-state index contributed by atoms with van der Waals surface area (Å²) in [6.45, 7) is 2.17. The number of likely N-dealkylation sites (tertiary alicyclic amines) is 1. The van der Waals surface area contributed by atoms with Crippen molar-refractivity contribution >= 4 is 28.9 Å². The number of imidazole rings is 1. The topological polar surface area (TPSA) is 115 Å². The van der Waals surface area contributed by atoms with Crippen molar-refractivity contribution in [1.82, 2.24) is 19.4 Å². The Bertz CT molecular complexity index is 1220. The number of benzene rings is 1. The van der Waals surface area contributed by atoms with E-state index in [4.69, 9.17) is 15.2 Å². The average molecular weight is 487 g/mol. The number of rotatable bonds is 5. The molecule has 1 fully saturated rings. The number of aliphatic carboxylic acids is 1. The quantitative estimate of drug-likeness (QED) is 0.520. The lowest BCUT2D eigenvalue weighted by molar-refractivity contribution is -0.192. The van der Waals surface area contributed by atoms with Crippen molar-refractivity contribution in [2.75, 3.05) is 13.1 Å². The molecule has 0 saturated carbocycles. The summed E-state index contributed by atoms with van der Waals surface area (Å²) in [6.07, 6.45) is 6.47. The first-order valence-electron chi connectivity index (χ1n) is 10.9. The number of alkyl halides is 3. The van der Waals surface area contributed by atoms with E-state index in [2.05, 4.69) is 26.7 Å². The Morgan fingerprint density at radius 3 is 2.54 bits per heavy atom. The van der Waals surface area contributed by atoms with Crippen LogP contribution in [-0.2, 0) is 16.1 Å². The molecule has 4 rings (SSSR count). The van der Waals surface area contributed by atoms with Crippen LogP contribution in [0, 0.1) is 11.3 Å². The number of H-pyrrole nitrogens is 1. The van der Waals surface area contributed by atoms with Crippen LogP contribution in [0.15, 0.2) is 49.1 Å². The molecular formula is C24H24F3N5O3. The summed E-state index contributed by atoms with van der Waals surface area (Å²) in [5.41, 5.74) is 3.26. The van der Waals surface area contributed by atoms with E-state index in [-0.39, 0.29) is 5.91 Å². The van der Waals surface area contributed by atoms with Crippen molar-refractivity contribution in [1.29, 1.82) is 5.26 Å². The molecule has 1 aromatic carbocycles. The van der Waals surface area contributed by atoms with Crippen LogP contribution < -0.4 is 0 Å². The van der Waals surface area contributed by atoms with Gasteiger partial charge in [0.05, 0.1) is 18.8 Å². The van der Waals surface area contributed by atoms with Crippen molar-refractivity contribution in [2.45, 2.75) is 37.9 Å². The number of aromatic amines is 1. The summed E-state index contributed by atoms with van der Waals surface area (Å²) in [7, 11) is 0. The standard InChI is InChI=1S/C22H23N5O.C2HF3O2/c23-10-3-11-27-15-18(19-4-1-2-5-21(19)27)6-7-22(28)26-12-8-17(9-13-26)20-14-24-16-25-20;3-2(4,5)1(6)7/h1-2,4-7,14-17H,3,8-9,11-13H2,(H,24,25);(H,6,7)/b7-6+;. The van der Waals surface area contributed by atoms with Gasteiger partial charge in [-0.3, -0.25) is 4.79 Å². The highest BCUT2D eigenvalue weighted by Crippen LogP contribution is 2.27. The van der Waals surface area contributed by atoms with Gasteiger partial charge in [0.1, 0.15) is 0 Å². The molecule has 3 aromatic rings. The maximum Gasteiger partial charge on any atom is 0.490 e. The van der Waals surface area contributed by atoms with Gasteiger partial charge < -0.3 is 19.6 Å². The minimum Gasteiger partial charge on any atom is -0.475 e. The van der Waals surface area contributed by atoms with E-state index in [0.717, 1.165) is 48.1 Å². The molecule has 0 atom stereocenters. The summed E-state index contributed by atoms with van der Waals surface area (Å²) >= 11 is 0. The van der Waals surface area contributed by atoms with Gasteiger partial charge in [-0.1, -0.05) is 18.2 Å². The molecule has 3 heterocycles. The Morgan fingerprint density at radius 2 is 1.94 bits per heavy atom. The average Bonchev–Trinajstić information content (AvgIpc) is 3.50. The molecule has 0 aliphatic carbocycles. The monoisotopic (exact) mass is 487 g/mol. The highest BCUT2D eigenvalue weighted by molar-refractivity contribution is 5.96. The van der Waals surface area contributed by atoms with Gasteiger partial charge in [-0.25, -0.2) is 9.78 Å². The van der Waals surface area contributed by atoms with Crippen LogP contribution in [0.1, 0.15) is 36.4 Å². The second kappa shape index (κ2) is 11.4. The van der Waals surface area contributed by atoms with Crippen LogP contribution in [0.5, 0.6) is 0 Å². The third-order valence-corrected chi connectivity index (χ3v) is 5.70. The highest BCUT2D eigenvalue weighted by atomic mass is 19.4. The van der Waals surface area contributed by atoms with E-state index in [1.165, 1.54) is 0 Å². The number of hydrogen-bond donors (Lipinski definition) is 2. The fraction of sp³-hybridized carbons (Fsp3) is 0.333. The number of carbonyl (C=O) groups is 2. The molecule has 1 aliphatic heterocycles. The molecule has 0 spiro atoms. The fourth-order valence-corrected chi connectivity index (χ4v) is 3.93. The third kappa shape index (κ3) is 6.72. The molecule has 1 amide bonds. The van der Waals surface area contributed by atoms with E-state index in [1.807, 2.05) is 41.6 Å². The van der Waals surface area contributed by atoms with Crippen LogP contribution in [0.2, 0.25) is 0 Å².